The van der Waals surface area contributed by atoms with E-state index in [9.17, 15) is 13.2 Å². The number of sulfone groups is 1. The minimum Gasteiger partial charge on any atom is -0.368 e. The van der Waals surface area contributed by atoms with Crippen LogP contribution in [0.15, 0.2) is 0 Å². The predicted octanol–water partition coefficient (Wildman–Crippen LogP) is -0.0134. The van der Waals surface area contributed by atoms with Crippen molar-refractivity contribution in [1.29, 1.82) is 0 Å². The first-order chi connectivity index (χ1) is 9.10. The summed E-state index contributed by atoms with van der Waals surface area (Å²) in [7, 11) is -1.04. The van der Waals surface area contributed by atoms with Crippen LogP contribution in [0, 0.1) is 0 Å². The molecular formula is C13H29N3O3S. The third kappa shape index (κ3) is 8.50. The van der Waals surface area contributed by atoms with Crippen molar-refractivity contribution in [3.63, 3.8) is 0 Å². The summed E-state index contributed by atoms with van der Waals surface area (Å²) in [6.45, 7) is 5.86. The molecule has 1 amide bonds. The number of carbonyl (C=O) groups excluding carboxylic acids is 1. The lowest BCUT2D eigenvalue weighted by Crippen LogP contribution is -2.53. The standard InChI is InChI=1S/C13H29N3O3S/c1-5-8-15-13(2,12(14)17)7-6-9-16(3)10-11-20(4,18)19/h15H,5-11H2,1-4H3,(H2,14,17). The van der Waals surface area contributed by atoms with E-state index in [1.54, 1.807) is 0 Å². The van der Waals surface area contributed by atoms with Crippen molar-refractivity contribution in [3.8, 4) is 0 Å². The van der Waals surface area contributed by atoms with E-state index in [-0.39, 0.29) is 11.7 Å². The quantitative estimate of drug-likeness (QED) is 0.560. The summed E-state index contributed by atoms with van der Waals surface area (Å²) < 4.78 is 22.2. The van der Waals surface area contributed by atoms with Crippen LogP contribution in [-0.4, -0.2) is 63.5 Å². The number of carbonyl (C=O) groups is 1. The zero-order valence-electron chi connectivity index (χ0n) is 13.1. The largest absolute Gasteiger partial charge is 0.368 e. The Hall–Kier alpha value is -0.660. The van der Waals surface area contributed by atoms with Crippen LogP contribution in [0.3, 0.4) is 0 Å². The number of primary amides is 1. The molecule has 0 fully saturated rings. The van der Waals surface area contributed by atoms with Gasteiger partial charge < -0.3 is 16.0 Å². The fourth-order valence-electron chi connectivity index (χ4n) is 1.84. The van der Waals surface area contributed by atoms with Crippen molar-refractivity contribution in [2.75, 3.05) is 38.7 Å². The van der Waals surface area contributed by atoms with Crippen LogP contribution in [0.1, 0.15) is 33.1 Å². The highest BCUT2D eigenvalue weighted by atomic mass is 32.2. The van der Waals surface area contributed by atoms with E-state index in [0.29, 0.717) is 13.0 Å². The summed E-state index contributed by atoms with van der Waals surface area (Å²) in [6, 6.07) is 0. The van der Waals surface area contributed by atoms with Crippen molar-refractivity contribution in [2.24, 2.45) is 5.73 Å². The number of rotatable bonds is 11. The molecule has 120 valence electrons. The molecule has 6 nitrogen and oxygen atoms in total. The van der Waals surface area contributed by atoms with Gasteiger partial charge in [-0.25, -0.2) is 8.42 Å². The third-order valence-corrected chi connectivity index (χ3v) is 4.29. The summed E-state index contributed by atoms with van der Waals surface area (Å²) in [5.41, 5.74) is 4.76. The van der Waals surface area contributed by atoms with Gasteiger partial charge in [0.1, 0.15) is 9.84 Å². The Balaban J connectivity index is 4.14. The summed E-state index contributed by atoms with van der Waals surface area (Å²) in [5, 5.41) is 3.19. The van der Waals surface area contributed by atoms with E-state index < -0.39 is 15.4 Å². The van der Waals surface area contributed by atoms with E-state index >= 15 is 0 Å². The van der Waals surface area contributed by atoms with Crippen molar-refractivity contribution < 1.29 is 13.2 Å². The maximum Gasteiger partial charge on any atom is 0.237 e. The van der Waals surface area contributed by atoms with Gasteiger partial charge in [-0.1, -0.05) is 6.92 Å². The van der Waals surface area contributed by atoms with Crippen LogP contribution in [-0.2, 0) is 14.6 Å². The van der Waals surface area contributed by atoms with Gasteiger partial charge in [0.25, 0.3) is 0 Å². The Morgan fingerprint density at radius 3 is 2.40 bits per heavy atom. The number of nitrogens with one attached hydrogen (secondary N) is 1. The molecular weight excluding hydrogens is 278 g/mol. The molecule has 0 radical (unpaired) electrons. The Morgan fingerprint density at radius 1 is 1.35 bits per heavy atom. The summed E-state index contributed by atoms with van der Waals surface area (Å²) in [4.78, 5) is 13.5. The van der Waals surface area contributed by atoms with Crippen LogP contribution in [0.5, 0.6) is 0 Å². The molecule has 0 aliphatic heterocycles. The highest BCUT2D eigenvalue weighted by Crippen LogP contribution is 2.12. The Bertz CT molecular complexity index is 398. The molecule has 0 saturated carbocycles. The lowest BCUT2D eigenvalue weighted by molar-refractivity contribution is -0.124. The van der Waals surface area contributed by atoms with Gasteiger partial charge in [-0.2, -0.15) is 0 Å². The molecule has 3 N–H and O–H groups in total. The van der Waals surface area contributed by atoms with E-state index in [1.807, 2.05) is 25.8 Å². The molecule has 1 unspecified atom stereocenters. The third-order valence-electron chi connectivity index (χ3n) is 3.37. The maximum absolute atomic E-state index is 11.5. The van der Waals surface area contributed by atoms with Gasteiger partial charge in [-0.15, -0.1) is 0 Å². The molecule has 0 spiro atoms. The average molecular weight is 307 g/mol. The van der Waals surface area contributed by atoms with Crippen LogP contribution in [0.4, 0.5) is 0 Å². The van der Waals surface area contributed by atoms with Gasteiger partial charge in [0.2, 0.25) is 5.91 Å². The highest BCUT2D eigenvalue weighted by Gasteiger charge is 2.29. The number of amides is 1. The first kappa shape index (κ1) is 19.3. The molecule has 0 aliphatic rings. The average Bonchev–Trinajstić information content (AvgIpc) is 2.33. The molecule has 1 atom stereocenters. The maximum atomic E-state index is 11.5. The second-order valence-corrected chi connectivity index (χ2v) is 7.92. The first-order valence-corrected chi connectivity index (χ1v) is 9.08. The summed E-state index contributed by atoms with van der Waals surface area (Å²) in [6.07, 6.45) is 3.61. The number of hydrogen-bond donors (Lipinski definition) is 2. The van der Waals surface area contributed by atoms with Crippen molar-refractivity contribution >= 4 is 15.7 Å². The zero-order chi connectivity index (χ0) is 15.8. The Morgan fingerprint density at radius 2 is 1.95 bits per heavy atom. The molecule has 0 rings (SSSR count). The molecule has 0 aliphatic carbocycles. The van der Waals surface area contributed by atoms with E-state index in [1.165, 1.54) is 6.26 Å². The second kappa shape index (κ2) is 8.59. The monoisotopic (exact) mass is 307 g/mol. The smallest absolute Gasteiger partial charge is 0.237 e. The fraction of sp³-hybridized carbons (Fsp3) is 0.923. The minimum atomic E-state index is -2.93. The van der Waals surface area contributed by atoms with Gasteiger partial charge in [0.05, 0.1) is 11.3 Å². The van der Waals surface area contributed by atoms with Crippen LogP contribution >= 0.6 is 0 Å². The number of nitrogens with zero attached hydrogens (tertiary/aromatic N) is 1. The van der Waals surface area contributed by atoms with E-state index in [2.05, 4.69) is 5.32 Å². The second-order valence-electron chi connectivity index (χ2n) is 5.66. The van der Waals surface area contributed by atoms with Gasteiger partial charge >= 0.3 is 0 Å². The molecule has 0 aromatic carbocycles. The lowest BCUT2D eigenvalue weighted by Gasteiger charge is -2.28. The normalized spacial score (nSPS) is 15.2. The predicted molar refractivity (Wildman–Crippen MR) is 82.3 cm³/mol. The van der Waals surface area contributed by atoms with Gasteiger partial charge in [-0.3, -0.25) is 4.79 Å². The fourth-order valence-corrected chi connectivity index (χ4v) is 2.48. The topological polar surface area (TPSA) is 92.5 Å². The molecule has 0 saturated heterocycles. The lowest BCUT2D eigenvalue weighted by atomic mass is 9.94. The molecule has 20 heavy (non-hydrogen) atoms. The van der Waals surface area contributed by atoms with Gasteiger partial charge in [-0.05, 0) is 46.3 Å². The number of nitrogens with two attached hydrogens (primary N) is 1. The van der Waals surface area contributed by atoms with E-state index in [0.717, 1.165) is 25.9 Å². The SMILES string of the molecule is CCCNC(C)(CCCN(C)CCS(C)(=O)=O)C(N)=O. The Kier molecular flexibility index (Phi) is 8.30. The highest BCUT2D eigenvalue weighted by molar-refractivity contribution is 7.90. The molecule has 0 aromatic rings. The first-order valence-electron chi connectivity index (χ1n) is 7.02. The minimum absolute atomic E-state index is 0.157. The van der Waals surface area contributed by atoms with Crippen molar-refractivity contribution in [2.45, 2.75) is 38.6 Å². The van der Waals surface area contributed by atoms with Crippen LogP contribution in [0.25, 0.3) is 0 Å². The van der Waals surface area contributed by atoms with Crippen molar-refractivity contribution in [1.82, 2.24) is 10.2 Å². The molecule has 0 aromatic heterocycles. The molecule has 0 bridgehead atoms. The van der Waals surface area contributed by atoms with Gasteiger partial charge in [0, 0.05) is 12.8 Å². The van der Waals surface area contributed by atoms with E-state index in [4.69, 9.17) is 5.73 Å². The summed E-state index contributed by atoms with van der Waals surface area (Å²) >= 11 is 0. The van der Waals surface area contributed by atoms with Crippen molar-refractivity contribution in [3.05, 3.63) is 0 Å². The Labute approximate surface area is 123 Å². The zero-order valence-corrected chi connectivity index (χ0v) is 13.9. The van der Waals surface area contributed by atoms with Gasteiger partial charge in [0.15, 0.2) is 0 Å². The number of hydrogen-bond acceptors (Lipinski definition) is 5. The molecule has 0 heterocycles. The van der Waals surface area contributed by atoms with Crippen LogP contribution < -0.4 is 11.1 Å². The summed E-state index contributed by atoms with van der Waals surface area (Å²) in [5.74, 6) is -0.185. The van der Waals surface area contributed by atoms with Crippen LogP contribution in [0.2, 0.25) is 0 Å². The molecule has 7 heteroatoms.